The van der Waals surface area contributed by atoms with E-state index in [1.807, 2.05) is 0 Å². The fraction of sp³-hybridized carbons (Fsp3) is 0.364. The smallest absolute Gasteiger partial charge is 0.257 e. The van der Waals surface area contributed by atoms with Gasteiger partial charge in [-0.05, 0) is 26.0 Å². The molecule has 0 saturated carbocycles. The van der Waals surface area contributed by atoms with Crippen LogP contribution in [0.15, 0.2) is 18.2 Å². The maximum absolute atomic E-state index is 13.2. The van der Waals surface area contributed by atoms with Crippen molar-refractivity contribution < 1.29 is 13.6 Å². The maximum atomic E-state index is 13.2. The van der Waals surface area contributed by atoms with E-state index in [-0.39, 0.29) is 5.88 Å². The van der Waals surface area contributed by atoms with Crippen LogP contribution in [0, 0.1) is 11.6 Å². The second-order valence-electron chi connectivity index (χ2n) is 4.07. The number of hydrogen-bond acceptors (Lipinski definition) is 1. The standard InChI is InChI=1S/C11H12ClF2NO/c1-11(2,6-12)15-10(16)9-7(13)4-3-5-8(9)14/h3-5H,6H2,1-2H3,(H,15,16). The summed E-state index contributed by atoms with van der Waals surface area (Å²) < 4.78 is 26.5. The molecule has 88 valence electrons. The largest absolute Gasteiger partial charge is 0.346 e. The van der Waals surface area contributed by atoms with Crippen LogP contribution in [0.1, 0.15) is 24.2 Å². The molecule has 1 aromatic carbocycles. The van der Waals surface area contributed by atoms with E-state index in [0.29, 0.717) is 0 Å². The molecule has 5 heteroatoms. The van der Waals surface area contributed by atoms with E-state index in [4.69, 9.17) is 11.6 Å². The first-order valence-electron chi connectivity index (χ1n) is 4.70. The summed E-state index contributed by atoms with van der Waals surface area (Å²) in [7, 11) is 0. The quantitative estimate of drug-likeness (QED) is 0.818. The van der Waals surface area contributed by atoms with Crippen LogP contribution in [0.3, 0.4) is 0 Å². The number of rotatable bonds is 3. The number of amides is 1. The monoisotopic (exact) mass is 247 g/mol. The molecule has 0 aromatic heterocycles. The van der Waals surface area contributed by atoms with E-state index in [0.717, 1.165) is 12.1 Å². The third kappa shape index (κ3) is 2.92. The first-order valence-corrected chi connectivity index (χ1v) is 5.23. The van der Waals surface area contributed by atoms with Crippen molar-refractivity contribution in [3.63, 3.8) is 0 Å². The highest BCUT2D eigenvalue weighted by Gasteiger charge is 2.24. The van der Waals surface area contributed by atoms with Gasteiger partial charge in [-0.1, -0.05) is 6.07 Å². The van der Waals surface area contributed by atoms with Crippen LogP contribution >= 0.6 is 11.6 Å². The van der Waals surface area contributed by atoms with Crippen molar-refractivity contribution in [2.75, 3.05) is 5.88 Å². The molecule has 0 aliphatic rings. The van der Waals surface area contributed by atoms with Crippen LogP contribution in [0.4, 0.5) is 8.78 Å². The van der Waals surface area contributed by atoms with E-state index in [2.05, 4.69) is 5.32 Å². The number of halogens is 3. The minimum Gasteiger partial charge on any atom is -0.346 e. The number of carbonyl (C=O) groups is 1. The van der Waals surface area contributed by atoms with Gasteiger partial charge in [0.05, 0.1) is 0 Å². The molecule has 2 nitrogen and oxygen atoms in total. The van der Waals surface area contributed by atoms with Crippen molar-refractivity contribution in [2.24, 2.45) is 0 Å². The Bertz CT molecular complexity index is 387. The predicted octanol–water partition coefficient (Wildman–Crippen LogP) is 2.71. The van der Waals surface area contributed by atoms with Crippen molar-refractivity contribution in [1.82, 2.24) is 5.32 Å². The summed E-state index contributed by atoms with van der Waals surface area (Å²) in [5.74, 6) is -2.43. The zero-order valence-corrected chi connectivity index (χ0v) is 9.74. The van der Waals surface area contributed by atoms with Crippen molar-refractivity contribution >= 4 is 17.5 Å². The van der Waals surface area contributed by atoms with Crippen LogP contribution in [-0.4, -0.2) is 17.3 Å². The van der Waals surface area contributed by atoms with E-state index in [1.54, 1.807) is 13.8 Å². The normalized spacial score (nSPS) is 11.3. The summed E-state index contributed by atoms with van der Waals surface area (Å²) >= 11 is 5.60. The second kappa shape index (κ2) is 4.78. The third-order valence-electron chi connectivity index (χ3n) is 1.98. The second-order valence-corrected chi connectivity index (χ2v) is 4.34. The summed E-state index contributed by atoms with van der Waals surface area (Å²) in [4.78, 5) is 11.6. The van der Waals surface area contributed by atoms with Crippen LogP contribution in [-0.2, 0) is 0 Å². The van der Waals surface area contributed by atoms with E-state index in [9.17, 15) is 13.6 Å². The molecular formula is C11H12ClF2NO. The van der Waals surface area contributed by atoms with Crippen LogP contribution in [0.2, 0.25) is 0 Å². The number of nitrogens with one attached hydrogen (secondary N) is 1. The van der Waals surface area contributed by atoms with Crippen molar-refractivity contribution in [1.29, 1.82) is 0 Å². The topological polar surface area (TPSA) is 29.1 Å². The molecule has 0 fully saturated rings. The number of hydrogen-bond donors (Lipinski definition) is 1. The Hall–Kier alpha value is -1.16. The summed E-state index contributed by atoms with van der Waals surface area (Å²) in [6.07, 6.45) is 0. The zero-order valence-electron chi connectivity index (χ0n) is 8.98. The minimum atomic E-state index is -0.886. The van der Waals surface area contributed by atoms with Gasteiger partial charge in [-0.25, -0.2) is 8.78 Å². The fourth-order valence-corrected chi connectivity index (χ4v) is 1.18. The van der Waals surface area contributed by atoms with Crippen LogP contribution in [0.25, 0.3) is 0 Å². The molecule has 0 aliphatic carbocycles. The molecule has 0 spiro atoms. The SMILES string of the molecule is CC(C)(CCl)NC(=O)c1c(F)cccc1F. The van der Waals surface area contributed by atoms with Crippen LogP contribution < -0.4 is 5.32 Å². The first kappa shape index (κ1) is 12.9. The van der Waals surface area contributed by atoms with Gasteiger partial charge in [0, 0.05) is 11.4 Å². The Morgan fingerprint density at radius 3 is 2.31 bits per heavy atom. The molecule has 16 heavy (non-hydrogen) atoms. The van der Waals surface area contributed by atoms with Crippen molar-refractivity contribution in [3.05, 3.63) is 35.4 Å². The van der Waals surface area contributed by atoms with Gasteiger partial charge in [0.25, 0.3) is 5.91 Å². The molecule has 1 rings (SSSR count). The number of alkyl halides is 1. The molecule has 1 amide bonds. The highest BCUT2D eigenvalue weighted by atomic mass is 35.5. The molecule has 1 aromatic rings. The minimum absolute atomic E-state index is 0.148. The summed E-state index contributed by atoms with van der Waals surface area (Å²) in [6, 6.07) is 3.27. The molecule has 0 aliphatic heterocycles. The highest BCUT2D eigenvalue weighted by molar-refractivity contribution is 6.18. The molecule has 0 atom stereocenters. The van der Waals surface area contributed by atoms with E-state index in [1.165, 1.54) is 6.07 Å². The molecule has 0 radical (unpaired) electrons. The molecule has 0 unspecified atom stereocenters. The molecule has 1 N–H and O–H groups in total. The predicted molar refractivity (Wildman–Crippen MR) is 58.6 cm³/mol. The summed E-state index contributed by atoms with van der Waals surface area (Å²) in [5.41, 5.74) is -1.30. The van der Waals surface area contributed by atoms with Crippen LogP contribution in [0.5, 0.6) is 0 Å². The maximum Gasteiger partial charge on any atom is 0.257 e. The van der Waals surface area contributed by atoms with Gasteiger partial charge < -0.3 is 5.32 Å². The van der Waals surface area contributed by atoms with Gasteiger partial charge in [0.1, 0.15) is 17.2 Å². The van der Waals surface area contributed by atoms with E-state index < -0.39 is 28.6 Å². The van der Waals surface area contributed by atoms with Gasteiger partial charge in [-0.3, -0.25) is 4.79 Å². The summed E-state index contributed by atoms with van der Waals surface area (Å²) in [5, 5.41) is 2.45. The van der Waals surface area contributed by atoms with Gasteiger partial charge in [-0.2, -0.15) is 0 Å². The molecular weight excluding hydrogens is 236 g/mol. The lowest BCUT2D eigenvalue weighted by Gasteiger charge is -2.23. The fourth-order valence-electron chi connectivity index (χ4n) is 1.12. The lowest BCUT2D eigenvalue weighted by molar-refractivity contribution is 0.0912. The Morgan fingerprint density at radius 2 is 1.88 bits per heavy atom. The average molecular weight is 248 g/mol. The van der Waals surface area contributed by atoms with Gasteiger partial charge >= 0.3 is 0 Å². The Balaban J connectivity index is 2.98. The van der Waals surface area contributed by atoms with Crippen molar-refractivity contribution in [3.8, 4) is 0 Å². The summed E-state index contributed by atoms with van der Waals surface area (Å²) in [6.45, 7) is 3.33. The van der Waals surface area contributed by atoms with Gasteiger partial charge in [0.15, 0.2) is 0 Å². The highest BCUT2D eigenvalue weighted by Crippen LogP contribution is 2.14. The van der Waals surface area contributed by atoms with E-state index >= 15 is 0 Å². The first-order chi connectivity index (χ1) is 7.37. The molecule has 0 bridgehead atoms. The lowest BCUT2D eigenvalue weighted by Crippen LogP contribution is -2.45. The zero-order chi connectivity index (χ0) is 12.3. The third-order valence-corrected chi connectivity index (χ3v) is 2.64. The van der Waals surface area contributed by atoms with Gasteiger partial charge in [-0.15, -0.1) is 11.6 Å². The van der Waals surface area contributed by atoms with Crippen molar-refractivity contribution in [2.45, 2.75) is 19.4 Å². The Kier molecular flexibility index (Phi) is 3.86. The average Bonchev–Trinajstić information content (AvgIpc) is 2.16. The molecule has 0 heterocycles. The molecule has 0 saturated heterocycles. The lowest BCUT2D eigenvalue weighted by atomic mass is 10.1. The number of benzene rings is 1. The number of carbonyl (C=O) groups excluding carboxylic acids is 1. The Labute approximate surface area is 97.6 Å². The van der Waals surface area contributed by atoms with Gasteiger partial charge in [0.2, 0.25) is 0 Å². The Morgan fingerprint density at radius 1 is 1.38 bits per heavy atom.